The molecule has 7 heteroatoms. The number of hydrogen-bond donors (Lipinski definition) is 1. The molecule has 3 rings (SSSR count). The first kappa shape index (κ1) is 20.2. The van der Waals surface area contributed by atoms with E-state index in [4.69, 9.17) is 0 Å². The number of hydrogen-bond acceptors (Lipinski definition) is 3. The van der Waals surface area contributed by atoms with Gasteiger partial charge < -0.3 is 10.2 Å². The molecule has 1 fully saturated rings. The van der Waals surface area contributed by atoms with E-state index in [9.17, 15) is 18.4 Å². The minimum Gasteiger partial charge on any atom is -0.346 e. The van der Waals surface area contributed by atoms with Crippen LogP contribution in [0.25, 0.3) is 6.08 Å². The van der Waals surface area contributed by atoms with Gasteiger partial charge in [0.2, 0.25) is 11.8 Å². The molecule has 148 valence electrons. The molecule has 4 nitrogen and oxygen atoms in total. The van der Waals surface area contributed by atoms with Crippen LogP contribution in [0, 0.1) is 17.6 Å². The van der Waals surface area contributed by atoms with E-state index in [0.29, 0.717) is 13.0 Å². The van der Waals surface area contributed by atoms with Crippen molar-refractivity contribution in [3.05, 3.63) is 63.9 Å². The van der Waals surface area contributed by atoms with Crippen LogP contribution in [0.1, 0.15) is 37.4 Å². The predicted molar refractivity (Wildman–Crippen MR) is 106 cm³/mol. The molecule has 0 saturated carbocycles. The summed E-state index contributed by atoms with van der Waals surface area (Å²) in [5.74, 6) is -1.75. The molecule has 1 N–H and O–H groups in total. The minimum atomic E-state index is -0.740. The van der Waals surface area contributed by atoms with E-state index in [0.717, 1.165) is 17.7 Å². The van der Waals surface area contributed by atoms with Crippen LogP contribution in [0.2, 0.25) is 0 Å². The van der Waals surface area contributed by atoms with Gasteiger partial charge in [0.05, 0.1) is 6.04 Å². The summed E-state index contributed by atoms with van der Waals surface area (Å²) in [5.41, 5.74) is 1.07. The maximum absolute atomic E-state index is 13.8. The van der Waals surface area contributed by atoms with Crippen molar-refractivity contribution in [2.45, 2.75) is 32.4 Å². The molecule has 0 aliphatic carbocycles. The molecular weight excluding hydrogens is 382 g/mol. The van der Waals surface area contributed by atoms with Crippen molar-refractivity contribution >= 4 is 29.2 Å². The third-order valence-corrected chi connectivity index (χ3v) is 5.37. The van der Waals surface area contributed by atoms with E-state index >= 15 is 0 Å². The van der Waals surface area contributed by atoms with Gasteiger partial charge in [0.25, 0.3) is 0 Å². The first-order chi connectivity index (χ1) is 13.3. The Morgan fingerprint density at radius 2 is 2.14 bits per heavy atom. The van der Waals surface area contributed by atoms with Crippen molar-refractivity contribution in [3.63, 3.8) is 0 Å². The standard InChI is InChI=1S/C21H22F2N2O2S/c1-13(2)9-19-21(27)24-18(15-7-8-28-12-15)11-25(19)20(26)6-4-14-3-5-16(22)10-17(14)23/h3-8,10,12-13,18-19H,9,11H2,1-2H3,(H,24,27). The average molecular weight is 404 g/mol. The largest absolute Gasteiger partial charge is 0.346 e. The number of amides is 2. The SMILES string of the molecule is CC(C)CC1C(=O)NC(c2ccsc2)CN1C(=O)C=Cc1ccc(F)cc1F. The second-order valence-electron chi connectivity index (χ2n) is 7.25. The highest BCUT2D eigenvalue weighted by Crippen LogP contribution is 2.26. The van der Waals surface area contributed by atoms with Crippen LogP contribution in [-0.2, 0) is 9.59 Å². The van der Waals surface area contributed by atoms with E-state index in [-0.39, 0.29) is 29.3 Å². The minimum absolute atomic E-state index is 0.117. The van der Waals surface area contributed by atoms with E-state index in [1.54, 1.807) is 4.90 Å². The number of rotatable bonds is 5. The van der Waals surface area contributed by atoms with Crippen LogP contribution in [-0.4, -0.2) is 29.3 Å². The Hall–Kier alpha value is -2.54. The summed E-state index contributed by atoms with van der Waals surface area (Å²) < 4.78 is 26.9. The highest BCUT2D eigenvalue weighted by molar-refractivity contribution is 7.08. The molecule has 0 bridgehead atoms. The number of nitrogens with one attached hydrogen (secondary N) is 1. The molecule has 2 heterocycles. The molecule has 2 unspecified atom stereocenters. The number of carbonyl (C=O) groups is 2. The Morgan fingerprint density at radius 1 is 1.36 bits per heavy atom. The zero-order valence-corrected chi connectivity index (χ0v) is 16.5. The molecule has 0 spiro atoms. The highest BCUT2D eigenvalue weighted by Gasteiger charge is 2.37. The molecule has 1 aromatic heterocycles. The highest BCUT2D eigenvalue weighted by atomic mass is 32.1. The van der Waals surface area contributed by atoms with Crippen molar-refractivity contribution in [1.82, 2.24) is 10.2 Å². The Balaban J connectivity index is 1.83. The van der Waals surface area contributed by atoms with Gasteiger partial charge in [-0.3, -0.25) is 9.59 Å². The monoisotopic (exact) mass is 404 g/mol. The smallest absolute Gasteiger partial charge is 0.247 e. The third-order valence-electron chi connectivity index (χ3n) is 4.67. The van der Waals surface area contributed by atoms with Gasteiger partial charge in [-0.15, -0.1) is 0 Å². The number of carbonyl (C=O) groups excluding carboxylic acids is 2. The molecule has 28 heavy (non-hydrogen) atoms. The molecule has 2 atom stereocenters. The number of benzene rings is 1. The van der Waals surface area contributed by atoms with Crippen molar-refractivity contribution in [2.24, 2.45) is 5.92 Å². The zero-order valence-electron chi connectivity index (χ0n) is 15.7. The summed E-state index contributed by atoms with van der Waals surface area (Å²) in [4.78, 5) is 27.1. The molecule has 2 amide bonds. The van der Waals surface area contributed by atoms with E-state index in [1.807, 2.05) is 30.7 Å². The van der Waals surface area contributed by atoms with Crippen molar-refractivity contribution in [3.8, 4) is 0 Å². The lowest BCUT2D eigenvalue weighted by Crippen LogP contribution is -2.58. The predicted octanol–water partition coefficient (Wildman–Crippen LogP) is 4.15. The van der Waals surface area contributed by atoms with Gasteiger partial charge in [-0.05, 0) is 52.9 Å². The summed E-state index contributed by atoms with van der Waals surface area (Å²) in [6.07, 6.45) is 3.09. The van der Waals surface area contributed by atoms with Crippen LogP contribution in [0.4, 0.5) is 8.78 Å². The Labute approximate surface area is 166 Å². The second kappa shape index (κ2) is 8.65. The van der Waals surface area contributed by atoms with Gasteiger partial charge in [-0.25, -0.2) is 8.78 Å². The molecule has 2 aromatic rings. The summed E-state index contributed by atoms with van der Waals surface area (Å²) in [6, 6.07) is 4.25. The van der Waals surface area contributed by atoms with Gasteiger partial charge in [0, 0.05) is 24.3 Å². The fraction of sp³-hybridized carbons (Fsp3) is 0.333. The lowest BCUT2D eigenvalue weighted by Gasteiger charge is -2.39. The zero-order chi connectivity index (χ0) is 20.3. The molecule has 1 aliphatic rings. The van der Waals surface area contributed by atoms with Gasteiger partial charge >= 0.3 is 0 Å². The number of piperazine rings is 1. The van der Waals surface area contributed by atoms with E-state index in [1.165, 1.54) is 29.6 Å². The Morgan fingerprint density at radius 3 is 2.79 bits per heavy atom. The number of nitrogens with zero attached hydrogens (tertiary/aromatic N) is 1. The Bertz CT molecular complexity index is 881. The lowest BCUT2D eigenvalue weighted by molar-refractivity contribution is -0.142. The first-order valence-electron chi connectivity index (χ1n) is 9.11. The van der Waals surface area contributed by atoms with Gasteiger partial charge in [0.1, 0.15) is 17.7 Å². The molecule has 1 aliphatic heterocycles. The quantitative estimate of drug-likeness (QED) is 0.761. The van der Waals surface area contributed by atoms with Crippen LogP contribution in [0.3, 0.4) is 0 Å². The van der Waals surface area contributed by atoms with Gasteiger partial charge in [-0.2, -0.15) is 11.3 Å². The molecule has 0 radical (unpaired) electrons. The van der Waals surface area contributed by atoms with Crippen molar-refractivity contribution in [1.29, 1.82) is 0 Å². The lowest BCUT2D eigenvalue weighted by atomic mass is 9.96. The molecular formula is C21H22F2N2O2S. The maximum atomic E-state index is 13.8. The normalized spacial score (nSPS) is 20.0. The van der Waals surface area contributed by atoms with Crippen LogP contribution < -0.4 is 5.32 Å². The average Bonchev–Trinajstić information content (AvgIpc) is 3.16. The Kier molecular flexibility index (Phi) is 6.24. The number of thiophene rings is 1. The molecule has 1 saturated heterocycles. The summed E-state index contributed by atoms with van der Waals surface area (Å²) in [6.45, 7) is 4.32. The van der Waals surface area contributed by atoms with Crippen LogP contribution >= 0.6 is 11.3 Å². The van der Waals surface area contributed by atoms with E-state index in [2.05, 4.69) is 5.32 Å². The van der Waals surface area contributed by atoms with Crippen molar-refractivity contribution < 1.29 is 18.4 Å². The molecule has 1 aromatic carbocycles. The summed E-state index contributed by atoms with van der Waals surface area (Å²) in [7, 11) is 0. The summed E-state index contributed by atoms with van der Waals surface area (Å²) >= 11 is 1.52. The first-order valence-corrected chi connectivity index (χ1v) is 10.1. The van der Waals surface area contributed by atoms with Gasteiger partial charge in [0.15, 0.2) is 0 Å². The van der Waals surface area contributed by atoms with Crippen molar-refractivity contribution in [2.75, 3.05) is 6.54 Å². The maximum Gasteiger partial charge on any atom is 0.247 e. The second-order valence-corrected chi connectivity index (χ2v) is 8.03. The van der Waals surface area contributed by atoms with E-state index < -0.39 is 17.7 Å². The van der Waals surface area contributed by atoms with Crippen LogP contribution in [0.15, 0.2) is 41.1 Å². The topological polar surface area (TPSA) is 49.4 Å². The fourth-order valence-corrected chi connectivity index (χ4v) is 3.97. The van der Waals surface area contributed by atoms with Gasteiger partial charge in [-0.1, -0.05) is 13.8 Å². The summed E-state index contributed by atoms with van der Waals surface area (Å²) in [5, 5.41) is 6.86. The number of halogens is 2. The van der Waals surface area contributed by atoms with Crippen LogP contribution in [0.5, 0.6) is 0 Å². The third kappa shape index (κ3) is 4.65. The fourth-order valence-electron chi connectivity index (χ4n) is 3.26.